The van der Waals surface area contributed by atoms with Gasteiger partial charge in [0.1, 0.15) is 13.2 Å². The van der Waals surface area contributed by atoms with E-state index < -0.39 is 12.1 Å². The highest BCUT2D eigenvalue weighted by molar-refractivity contribution is 5.72. The quantitative estimate of drug-likeness (QED) is 0.0262. The molecule has 0 aliphatic carbocycles. The lowest BCUT2D eigenvalue weighted by molar-refractivity contribution is -0.166. The number of ether oxygens (including phenoxy) is 3. The van der Waals surface area contributed by atoms with Crippen LogP contribution in [0, 0.1) is 0 Å². The second kappa shape index (κ2) is 54.2. The number of carbonyl (C=O) groups is 3. The molecule has 0 aromatic rings. The summed E-state index contributed by atoms with van der Waals surface area (Å²) in [5.74, 6) is -1.06. The molecule has 0 aliphatic rings. The Morgan fingerprint density at radius 1 is 0.333 bits per heavy atom. The maximum atomic E-state index is 12.8. The Hall–Kier alpha value is -3.41. The Morgan fingerprint density at radius 2 is 0.636 bits per heavy atom. The van der Waals surface area contributed by atoms with Crippen LogP contribution in [0.25, 0.3) is 0 Å². The smallest absolute Gasteiger partial charge is 0.310 e. The molecule has 0 aromatic heterocycles. The lowest BCUT2D eigenvalue weighted by atomic mass is 10.0. The predicted octanol–water partition coefficient (Wildman–Crippen LogP) is 18.4. The van der Waals surface area contributed by atoms with E-state index in [0.717, 1.165) is 96.3 Å². The van der Waals surface area contributed by atoms with Gasteiger partial charge >= 0.3 is 17.9 Å². The Bertz CT molecular complexity index is 1290. The first-order valence-electron chi connectivity index (χ1n) is 27.6. The standard InChI is InChI=1S/C60H102O6/c1-4-7-10-13-16-19-22-25-28-29-30-33-35-38-41-44-47-50-53-59(62)65-56-57(66-60(63)54-51-48-45-42-39-36-32-27-24-21-18-15-12-9-6-3)55-64-58(61)52-49-46-43-40-37-34-31-26-23-20-17-14-11-8-5-2/h9,12,17-18,20-21,26-27,31-32,39,42,48,51,57H,4-8,10-11,13-16,19,22-25,28-30,33-38,40-41,43-47,49-50,52-56H2,1-3H3/b12-9-,20-17-,21-18-,31-26-,32-27-,42-39-,51-48-. The summed E-state index contributed by atoms with van der Waals surface area (Å²) < 4.78 is 16.7. The zero-order chi connectivity index (χ0) is 47.9. The van der Waals surface area contributed by atoms with Crippen molar-refractivity contribution < 1.29 is 28.6 Å². The Labute approximate surface area is 407 Å². The van der Waals surface area contributed by atoms with E-state index in [2.05, 4.69) is 93.7 Å². The van der Waals surface area contributed by atoms with E-state index in [1.807, 2.05) is 6.08 Å². The van der Waals surface area contributed by atoms with Crippen molar-refractivity contribution in [3.05, 3.63) is 85.1 Å². The maximum Gasteiger partial charge on any atom is 0.310 e. The number of esters is 3. The fraction of sp³-hybridized carbons (Fsp3) is 0.717. The lowest BCUT2D eigenvalue weighted by Crippen LogP contribution is -2.30. The summed E-state index contributed by atoms with van der Waals surface area (Å²) in [4.78, 5) is 38.0. The predicted molar refractivity (Wildman–Crippen MR) is 284 cm³/mol. The van der Waals surface area contributed by atoms with Crippen molar-refractivity contribution >= 4 is 17.9 Å². The third-order valence-electron chi connectivity index (χ3n) is 11.7. The number of allylic oxidation sites excluding steroid dienone is 13. The minimum atomic E-state index is -0.835. The average molecular weight is 919 g/mol. The third-order valence-corrected chi connectivity index (χ3v) is 11.7. The molecule has 0 N–H and O–H groups in total. The molecule has 0 rings (SSSR count). The van der Waals surface area contributed by atoms with Gasteiger partial charge in [0.2, 0.25) is 0 Å². The van der Waals surface area contributed by atoms with Gasteiger partial charge in [0.05, 0.1) is 6.42 Å². The van der Waals surface area contributed by atoms with Crippen molar-refractivity contribution in [2.45, 2.75) is 264 Å². The minimum Gasteiger partial charge on any atom is -0.462 e. The zero-order valence-electron chi connectivity index (χ0n) is 43.2. The number of unbranched alkanes of at least 4 members (excludes halogenated alkanes) is 25. The first-order valence-corrected chi connectivity index (χ1v) is 27.6. The third kappa shape index (κ3) is 51.6. The van der Waals surface area contributed by atoms with E-state index in [1.165, 1.54) is 122 Å². The molecule has 0 spiro atoms. The largest absolute Gasteiger partial charge is 0.462 e. The topological polar surface area (TPSA) is 78.9 Å². The van der Waals surface area contributed by atoms with Crippen molar-refractivity contribution in [3.63, 3.8) is 0 Å². The van der Waals surface area contributed by atoms with Gasteiger partial charge in [0.25, 0.3) is 0 Å². The van der Waals surface area contributed by atoms with Gasteiger partial charge in [-0.25, -0.2) is 0 Å². The summed E-state index contributed by atoms with van der Waals surface area (Å²) in [5.41, 5.74) is 0. The van der Waals surface area contributed by atoms with E-state index in [1.54, 1.807) is 6.08 Å². The molecule has 6 nitrogen and oxygen atoms in total. The molecule has 0 heterocycles. The normalized spacial score (nSPS) is 12.7. The Morgan fingerprint density at radius 3 is 1.03 bits per heavy atom. The molecular formula is C60H102O6. The van der Waals surface area contributed by atoms with Crippen LogP contribution in [0.15, 0.2) is 85.1 Å². The SMILES string of the molecule is CC/C=C\C/C=C\C/C=C\C/C=C\C/C=C\CC(=O)OC(COC(=O)CCCCCCC/C=C\C/C=C\CCCCC)COC(=O)CCCCCCCCCCCCCCCCCCCC. The molecular weight excluding hydrogens is 817 g/mol. The molecule has 1 unspecified atom stereocenters. The van der Waals surface area contributed by atoms with Crippen LogP contribution in [-0.4, -0.2) is 37.2 Å². The monoisotopic (exact) mass is 919 g/mol. The van der Waals surface area contributed by atoms with Gasteiger partial charge in [-0.2, -0.15) is 0 Å². The second-order valence-electron chi connectivity index (χ2n) is 18.1. The molecule has 0 bridgehead atoms. The van der Waals surface area contributed by atoms with Gasteiger partial charge in [-0.3, -0.25) is 14.4 Å². The number of hydrogen-bond acceptors (Lipinski definition) is 6. The van der Waals surface area contributed by atoms with Crippen LogP contribution in [0.5, 0.6) is 0 Å². The van der Waals surface area contributed by atoms with Crippen molar-refractivity contribution in [1.29, 1.82) is 0 Å². The van der Waals surface area contributed by atoms with Crippen molar-refractivity contribution in [2.75, 3.05) is 13.2 Å². The van der Waals surface area contributed by atoms with E-state index >= 15 is 0 Å². The van der Waals surface area contributed by atoms with Crippen LogP contribution in [0.2, 0.25) is 0 Å². The molecule has 0 aliphatic heterocycles. The summed E-state index contributed by atoms with van der Waals surface area (Å²) in [5, 5.41) is 0. The molecule has 0 saturated carbocycles. The van der Waals surface area contributed by atoms with Crippen LogP contribution in [0.1, 0.15) is 258 Å². The molecule has 0 radical (unpaired) electrons. The van der Waals surface area contributed by atoms with Crippen molar-refractivity contribution in [3.8, 4) is 0 Å². The molecule has 0 aromatic carbocycles. The molecule has 378 valence electrons. The van der Waals surface area contributed by atoms with Gasteiger partial charge in [-0.15, -0.1) is 0 Å². The Balaban J connectivity index is 4.48. The average Bonchev–Trinajstić information content (AvgIpc) is 3.31. The van der Waals surface area contributed by atoms with Gasteiger partial charge in [-0.05, 0) is 77.0 Å². The highest BCUT2D eigenvalue weighted by Gasteiger charge is 2.19. The number of hydrogen-bond donors (Lipinski definition) is 0. The van der Waals surface area contributed by atoms with Crippen LogP contribution in [0.4, 0.5) is 0 Å². The molecule has 66 heavy (non-hydrogen) atoms. The Kier molecular flexibility index (Phi) is 51.4. The summed E-state index contributed by atoms with van der Waals surface area (Å²) in [6.45, 7) is 6.42. The van der Waals surface area contributed by atoms with E-state index in [0.29, 0.717) is 12.8 Å². The van der Waals surface area contributed by atoms with E-state index in [9.17, 15) is 14.4 Å². The van der Waals surface area contributed by atoms with Gasteiger partial charge in [0, 0.05) is 12.8 Å². The fourth-order valence-corrected chi connectivity index (χ4v) is 7.55. The van der Waals surface area contributed by atoms with Crippen LogP contribution < -0.4 is 0 Å². The number of rotatable bonds is 49. The second-order valence-corrected chi connectivity index (χ2v) is 18.1. The van der Waals surface area contributed by atoms with Crippen LogP contribution in [-0.2, 0) is 28.6 Å². The highest BCUT2D eigenvalue weighted by Crippen LogP contribution is 2.15. The fourth-order valence-electron chi connectivity index (χ4n) is 7.55. The summed E-state index contributed by atoms with van der Waals surface area (Å²) >= 11 is 0. The minimum absolute atomic E-state index is 0.0944. The first kappa shape index (κ1) is 62.6. The van der Waals surface area contributed by atoms with Crippen LogP contribution in [0.3, 0.4) is 0 Å². The molecule has 0 saturated heterocycles. The van der Waals surface area contributed by atoms with Crippen molar-refractivity contribution in [2.24, 2.45) is 0 Å². The highest BCUT2D eigenvalue weighted by atomic mass is 16.6. The molecule has 0 fully saturated rings. The van der Waals surface area contributed by atoms with Gasteiger partial charge < -0.3 is 14.2 Å². The first-order chi connectivity index (χ1) is 32.5. The lowest BCUT2D eigenvalue weighted by Gasteiger charge is -2.18. The molecule has 0 amide bonds. The van der Waals surface area contributed by atoms with Gasteiger partial charge in [0.15, 0.2) is 6.10 Å². The van der Waals surface area contributed by atoms with E-state index in [-0.39, 0.29) is 31.6 Å². The zero-order valence-corrected chi connectivity index (χ0v) is 43.2. The van der Waals surface area contributed by atoms with Crippen LogP contribution >= 0.6 is 0 Å². The van der Waals surface area contributed by atoms with E-state index in [4.69, 9.17) is 14.2 Å². The molecule has 6 heteroatoms. The maximum absolute atomic E-state index is 12.8. The summed E-state index contributed by atoms with van der Waals surface area (Å²) in [6, 6.07) is 0. The summed E-state index contributed by atoms with van der Waals surface area (Å²) in [7, 11) is 0. The summed E-state index contributed by atoms with van der Waals surface area (Å²) in [6.07, 6.45) is 70.2. The van der Waals surface area contributed by atoms with Crippen molar-refractivity contribution in [1.82, 2.24) is 0 Å². The van der Waals surface area contributed by atoms with Gasteiger partial charge in [-0.1, -0.05) is 247 Å². The number of carbonyl (C=O) groups excluding carboxylic acids is 3. The molecule has 1 atom stereocenters.